The van der Waals surface area contributed by atoms with Gasteiger partial charge in [0.25, 0.3) is 0 Å². The molecule has 2 aromatic heterocycles. The van der Waals surface area contributed by atoms with Crippen molar-refractivity contribution in [2.75, 3.05) is 13.2 Å². The number of thiophene rings is 1. The van der Waals surface area contributed by atoms with Crippen LogP contribution in [0.25, 0.3) is 0 Å². The number of aryl methyl sites for hydroxylation is 1. The first-order chi connectivity index (χ1) is 8.70. The molecule has 2 N–H and O–H groups in total. The molecule has 1 atom stereocenters. The Morgan fingerprint density at radius 3 is 2.89 bits per heavy atom. The van der Waals surface area contributed by atoms with E-state index in [1.165, 1.54) is 9.75 Å². The van der Waals surface area contributed by atoms with Gasteiger partial charge in [-0.25, -0.2) is 4.98 Å². The minimum atomic E-state index is -0.00507. The standard InChI is InChI=1S/C12H15BrN2OS2/c1-8-10(17-7-15-8)4-5-16-9(6-14)11-2-3-12(13)18-11/h2-3,7,9H,4-6,14H2,1H3. The van der Waals surface area contributed by atoms with Crippen LogP contribution >= 0.6 is 38.6 Å². The van der Waals surface area contributed by atoms with Crippen LogP contribution in [0.2, 0.25) is 0 Å². The smallest absolute Gasteiger partial charge is 0.104 e. The average Bonchev–Trinajstić information content (AvgIpc) is 2.94. The number of nitrogens with zero attached hydrogens (tertiary/aromatic N) is 1. The first-order valence-electron chi connectivity index (χ1n) is 5.66. The summed E-state index contributed by atoms with van der Waals surface area (Å²) in [6, 6.07) is 4.09. The van der Waals surface area contributed by atoms with Crippen LogP contribution in [-0.2, 0) is 11.2 Å². The fourth-order valence-electron chi connectivity index (χ4n) is 1.63. The minimum absolute atomic E-state index is 0.00507. The average molecular weight is 347 g/mol. The van der Waals surface area contributed by atoms with Crippen LogP contribution < -0.4 is 5.73 Å². The summed E-state index contributed by atoms with van der Waals surface area (Å²) >= 11 is 6.81. The molecule has 18 heavy (non-hydrogen) atoms. The summed E-state index contributed by atoms with van der Waals surface area (Å²) in [5.74, 6) is 0. The molecule has 98 valence electrons. The molecule has 0 fully saturated rings. The molecule has 1 unspecified atom stereocenters. The molecule has 0 amide bonds. The van der Waals surface area contributed by atoms with Gasteiger partial charge in [-0.1, -0.05) is 0 Å². The number of hydrogen-bond acceptors (Lipinski definition) is 5. The van der Waals surface area contributed by atoms with Gasteiger partial charge in [0, 0.05) is 22.7 Å². The normalized spacial score (nSPS) is 12.8. The predicted molar refractivity (Wildman–Crippen MR) is 80.3 cm³/mol. The van der Waals surface area contributed by atoms with E-state index in [9.17, 15) is 0 Å². The highest BCUT2D eigenvalue weighted by Crippen LogP contribution is 2.29. The maximum atomic E-state index is 5.86. The second-order valence-electron chi connectivity index (χ2n) is 3.85. The van der Waals surface area contributed by atoms with Gasteiger partial charge in [0.15, 0.2) is 0 Å². The zero-order chi connectivity index (χ0) is 13.0. The molecular weight excluding hydrogens is 332 g/mol. The first-order valence-corrected chi connectivity index (χ1v) is 8.15. The molecule has 0 aromatic carbocycles. The summed E-state index contributed by atoms with van der Waals surface area (Å²) in [4.78, 5) is 6.69. The number of aromatic nitrogens is 1. The fourth-order valence-corrected chi connectivity index (χ4v) is 3.88. The van der Waals surface area contributed by atoms with Crippen molar-refractivity contribution in [3.8, 4) is 0 Å². The van der Waals surface area contributed by atoms with E-state index in [4.69, 9.17) is 10.5 Å². The van der Waals surface area contributed by atoms with Crippen LogP contribution in [0.3, 0.4) is 0 Å². The Balaban J connectivity index is 1.86. The maximum Gasteiger partial charge on any atom is 0.104 e. The van der Waals surface area contributed by atoms with E-state index >= 15 is 0 Å². The van der Waals surface area contributed by atoms with Crippen LogP contribution in [0.5, 0.6) is 0 Å². The van der Waals surface area contributed by atoms with Crippen molar-refractivity contribution < 1.29 is 4.74 Å². The Morgan fingerprint density at radius 1 is 1.50 bits per heavy atom. The van der Waals surface area contributed by atoms with Crippen LogP contribution in [0.4, 0.5) is 0 Å². The van der Waals surface area contributed by atoms with Crippen LogP contribution in [0.15, 0.2) is 21.4 Å². The molecule has 2 rings (SSSR count). The third-order valence-electron chi connectivity index (χ3n) is 2.62. The highest BCUT2D eigenvalue weighted by atomic mass is 79.9. The molecule has 6 heteroatoms. The molecule has 0 saturated heterocycles. The van der Waals surface area contributed by atoms with Gasteiger partial charge in [0.05, 0.1) is 21.6 Å². The van der Waals surface area contributed by atoms with E-state index in [1.807, 2.05) is 18.5 Å². The Labute approximate surface area is 123 Å². The van der Waals surface area contributed by atoms with Gasteiger partial charge in [0.1, 0.15) is 6.10 Å². The van der Waals surface area contributed by atoms with Gasteiger partial charge in [0.2, 0.25) is 0 Å². The third kappa shape index (κ3) is 3.61. The largest absolute Gasteiger partial charge is 0.371 e. The molecule has 0 aliphatic heterocycles. The molecule has 0 aliphatic carbocycles. The predicted octanol–water partition coefficient (Wildman–Crippen LogP) is 3.53. The zero-order valence-electron chi connectivity index (χ0n) is 10.1. The third-order valence-corrected chi connectivity index (χ3v) is 5.33. The molecule has 2 aromatic rings. The lowest BCUT2D eigenvalue weighted by Crippen LogP contribution is -2.16. The van der Waals surface area contributed by atoms with Gasteiger partial charge in [-0.05, 0) is 35.0 Å². The second kappa shape index (κ2) is 6.77. The summed E-state index contributed by atoms with van der Waals surface area (Å²) in [7, 11) is 0. The van der Waals surface area contributed by atoms with Crippen molar-refractivity contribution in [3.05, 3.63) is 36.9 Å². The van der Waals surface area contributed by atoms with E-state index < -0.39 is 0 Å². The van der Waals surface area contributed by atoms with Gasteiger partial charge >= 0.3 is 0 Å². The number of thiazole rings is 1. The van der Waals surface area contributed by atoms with E-state index in [-0.39, 0.29) is 6.10 Å². The summed E-state index contributed by atoms with van der Waals surface area (Å²) in [5, 5.41) is 0. The van der Waals surface area contributed by atoms with Crippen molar-refractivity contribution in [1.82, 2.24) is 4.98 Å². The van der Waals surface area contributed by atoms with Crippen molar-refractivity contribution in [1.29, 1.82) is 0 Å². The van der Waals surface area contributed by atoms with E-state index in [1.54, 1.807) is 22.7 Å². The molecule has 0 aliphatic rings. The molecular formula is C12H15BrN2OS2. The molecule has 2 heterocycles. The van der Waals surface area contributed by atoms with E-state index in [0.717, 1.165) is 15.9 Å². The van der Waals surface area contributed by atoms with Gasteiger partial charge in [-0.3, -0.25) is 0 Å². The Kier molecular flexibility index (Phi) is 5.32. The molecule has 3 nitrogen and oxygen atoms in total. The Hall–Kier alpha value is -0.270. The summed E-state index contributed by atoms with van der Waals surface area (Å²) < 4.78 is 6.97. The molecule has 0 saturated carbocycles. The van der Waals surface area contributed by atoms with Crippen molar-refractivity contribution in [3.63, 3.8) is 0 Å². The zero-order valence-corrected chi connectivity index (χ0v) is 13.3. The summed E-state index contributed by atoms with van der Waals surface area (Å²) in [5.41, 5.74) is 8.74. The Morgan fingerprint density at radius 2 is 2.33 bits per heavy atom. The summed E-state index contributed by atoms with van der Waals surface area (Å²) in [6.07, 6.45) is 0.897. The first kappa shape index (κ1) is 14.1. The summed E-state index contributed by atoms with van der Waals surface area (Å²) in [6.45, 7) is 3.22. The van der Waals surface area contributed by atoms with Crippen LogP contribution in [-0.4, -0.2) is 18.1 Å². The quantitative estimate of drug-likeness (QED) is 0.870. The lowest BCUT2D eigenvalue weighted by molar-refractivity contribution is 0.0636. The van der Waals surface area contributed by atoms with Crippen molar-refractivity contribution in [2.45, 2.75) is 19.4 Å². The lowest BCUT2D eigenvalue weighted by atomic mass is 10.3. The number of hydrogen-bond donors (Lipinski definition) is 1. The van der Waals surface area contributed by atoms with Crippen LogP contribution in [0.1, 0.15) is 21.6 Å². The van der Waals surface area contributed by atoms with Gasteiger partial charge in [-0.2, -0.15) is 0 Å². The SMILES string of the molecule is Cc1ncsc1CCOC(CN)c1ccc(Br)s1. The van der Waals surface area contributed by atoms with Crippen molar-refractivity contribution >= 4 is 38.6 Å². The highest BCUT2D eigenvalue weighted by molar-refractivity contribution is 9.11. The van der Waals surface area contributed by atoms with Gasteiger partial charge in [-0.15, -0.1) is 22.7 Å². The number of nitrogens with two attached hydrogens (primary N) is 1. The van der Waals surface area contributed by atoms with E-state index in [0.29, 0.717) is 13.2 Å². The highest BCUT2D eigenvalue weighted by Gasteiger charge is 2.13. The lowest BCUT2D eigenvalue weighted by Gasteiger charge is -2.14. The van der Waals surface area contributed by atoms with Gasteiger partial charge < -0.3 is 10.5 Å². The van der Waals surface area contributed by atoms with Crippen molar-refractivity contribution in [2.24, 2.45) is 5.73 Å². The van der Waals surface area contributed by atoms with Crippen LogP contribution in [0, 0.1) is 6.92 Å². The Bertz CT molecular complexity index is 498. The number of halogens is 1. The fraction of sp³-hybridized carbons (Fsp3) is 0.417. The molecule has 0 radical (unpaired) electrons. The topological polar surface area (TPSA) is 48.1 Å². The monoisotopic (exact) mass is 346 g/mol. The minimum Gasteiger partial charge on any atom is -0.371 e. The number of ether oxygens (including phenoxy) is 1. The van der Waals surface area contributed by atoms with E-state index in [2.05, 4.69) is 27.0 Å². The second-order valence-corrected chi connectivity index (χ2v) is 7.28. The number of rotatable bonds is 6. The maximum absolute atomic E-state index is 5.86. The molecule has 0 spiro atoms. The molecule has 0 bridgehead atoms.